The van der Waals surface area contributed by atoms with Crippen LogP contribution in [0.3, 0.4) is 0 Å². The summed E-state index contributed by atoms with van der Waals surface area (Å²) < 4.78 is 10.7. The van der Waals surface area contributed by atoms with Crippen LogP contribution in [0.25, 0.3) is 0 Å². The summed E-state index contributed by atoms with van der Waals surface area (Å²) in [5, 5.41) is 3.42. The highest BCUT2D eigenvalue weighted by Gasteiger charge is 2.39. The van der Waals surface area contributed by atoms with Crippen molar-refractivity contribution in [2.75, 3.05) is 24.4 Å². The maximum atomic E-state index is 13.1. The van der Waals surface area contributed by atoms with Gasteiger partial charge in [0.2, 0.25) is 0 Å². The molecule has 0 saturated heterocycles. The molecule has 1 atom stereocenters. The number of ether oxygens (including phenoxy) is 2. The Morgan fingerprint density at radius 1 is 1.00 bits per heavy atom. The van der Waals surface area contributed by atoms with E-state index in [1.165, 1.54) is 0 Å². The minimum atomic E-state index is -0.426. The molecule has 2 aromatic carbocycles. The number of methoxy groups -OCH3 is 2. The molecule has 1 amide bonds. The molecule has 1 aliphatic rings. The number of nitrogens with one attached hydrogen (secondary N) is 1. The molecule has 0 saturated carbocycles. The first-order valence-electron chi connectivity index (χ1n) is 8.96. The summed E-state index contributed by atoms with van der Waals surface area (Å²) >= 11 is 0. The smallest absolute Gasteiger partial charge is 0.262 e. The number of hydrogen-bond acceptors (Lipinski definition) is 5. The number of nitrogens with zero attached hydrogens (tertiary/aromatic N) is 2. The van der Waals surface area contributed by atoms with Crippen molar-refractivity contribution in [3.63, 3.8) is 0 Å². The van der Waals surface area contributed by atoms with Gasteiger partial charge < -0.3 is 14.8 Å². The number of aromatic nitrogens is 1. The number of carbonyl (C=O) groups excluding carboxylic acids is 1. The van der Waals surface area contributed by atoms with Crippen molar-refractivity contribution in [3.05, 3.63) is 77.6 Å². The van der Waals surface area contributed by atoms with Crippen LogP contribution in [-0.2, 0) is 0 Å². The van der Waals surface area contributed by atoms with Gasteiger partial charge >= 0.3 is 0 Å². The third-order valence-electron chi connectivity index (χ3n) is 4.80. The van der Waals surface area contributed by atoms with Gasteiger partial charge in [-0.3, -0.25) is 14.7 Å². The summed E-state index contributed by atoms with van der Waals surface area (Å²) in [6, 6.07) is 17.0. The highest BCUT2D eigenvalue weighted by atomic mass is 16.5. The maximum Gasteiger partial charge on any atom is 0.262 e. The van der Waals surface area contributed by atoms with Crippen molar-refractivity contribution in [1.82, 2.24) is 4.98 Å². The Balaban J connectivity index is 1.75. The van der Waals surface area contributed by atoms with E-state index in [0.29, 0.717) is 22.8 Å². The molecule has 0 fully saturated rings. The van der Waals surface area contributed by atoms with Crippen molar-refractivity contribution < 1.29 is 14.3 Å². The van der Waals surface area contributed by atoms with E-state index < -0.39 is 6.17 Å². The van der Waals surface area contributed by atoms with E-state index in [2.05, 4.69) is 10.3 Å². The van der Waals surface area contributed by atoms with Gasteiger partial charge in [0.25, 0.3) is 5.91 Å². The summed E-state index contributed by atoms with van der Waals surface area (Å²) in [5.41, 5.74) is 4.04. The molecule has 6 heteroatoms. The molecule has 0 aliphatic carbocycles. The molecule has 2 heterocycles. The van der Waals surface area contributed by atoms with Crippen LogP contribution in [0, 0.1) is 6.92 Å². The van der Waals surface area contributed by atoms with Crippen LogP contribution >= 0.6 is 0 Å². The fourth-order valence-corrected chi connectivity index (χ4v) is 3.37. The summed E-state index contributed by atoms with van der Waals surface area (Å²) in [6.45, 7) is 2.02. The number of pyridine rings is 1. The van der Waals surface area contributed by atoms with Crippen LogP contribution in [-0.4, -0.2) is 25.1 Å². The lowest BCUT2D eigenvalue weighted by Gasteiger charge is -2.27. The number of carbonyl (C=O) groups is 1. The van der Waals surface area contributed by atoms with Crippen molar-refractivity contribution in [3.8, 4) is 11.5 Å². The number of benzene rings is 2. The summed E-state index contributed by atoms with van der Waals surface area (Å²) in [4.78, 5) is 19.3. The maximum absolute atomic E-state index is 13.1. The minimum absolute atomic E-state index is 0.0788. The van der Waals surface area contributed by atoms with E-state index in [1.54, 1.807) is 31.4 Å². The zero-order valence-electron chi connectivity index (χ0n) is 16.0. The average molecular weight is 375 g/mol. The molecule has 28 heavy (non-hydrogen) atoms. The molecule has 3 aromatic rings. The Bertz CT molecular complexity index is 1020. The standard InChI is InChI=1S/C22H21N3O3/c1-14-6-9-16(10-7-14)25-21(20-17(22(25)26)5-4-12-23-20)24-15-8-11-18(27-2)19(13-15)28-3/h4-13,21,24H,1-3H3. The van der Waals surface area contributed by atoms with Crippen LogP contribution < -0.4 is 19.7 Å². The first-order chi connectivity index (χ1) is 13.6. The third kappa shape index (κ3) is 3.03. The van der Waals surface area contributed by atoms with Crippen LogP contribution in [0.1, 0.15) is 27.8 Å². The van der Waals surface area contributed by atoms with Gasteiger partial charge in [0.05, 0.1) is 25.5 Å². The molecule has 142 valence electrons. The van der Waals surface area contributed by atoms with Gasteiger partial charge in [-0.2, -0.15) is 0 Å². The average Bonchev–Trinajstić information content (AvgIpc) is 3.00. The van der Waals surface area contributed by atoms with Gasteiger partial charge in [0.15, 0.2) is 17.7 Å². The van der Waals surface area contributed by atoms with Gasteiger partial charge in [-0.25, -0.2) is 0 Å². The van der Waals surface area contributed by atoms with E-state index in [4.69, 9.17) is 9.47 Å². The van der Waals surface area contributed by atoms with E-state index in [9.17, 15) is 4.79 Å². The second kappa shape index (κ2) is 7.23. The minimum Gasteiger partial charge on any atom is -0.493 e. The largest absolute Gasteiger partial charge is 0.493 e. The number of rotatable bonds is 5. The molecule has 6 nitrogen and oxygen atoms in total. The van der Waals surface area contributed by atoms with Crippen LogP contribution in [0.15, 0.2) is 60.8 Å². The topological polar surface area (TPSA) is 63.7 Å². The van der Waals surface area contributed by atoms with E-state index in [0.717, 1.165) is 16.9 Å². The molecule has 0 radical (unpaired) electrons. The van der Waals surface area contributed by atoms with Crippen LogP contribution in [0.2, 0.25) is 0 Å². The number of hydrogen-bond donors (Lipinski definition) is 1. The van der Waals surface area contributed by atoms with Gasteiger partial charge in [-0.1, -0.05) is 17.7 Å². The monoisotopic (exact) mass is 375 g/mol. The fraction of sp³-hybridized carbons (Fsp3) is 0.182. The van der Waals surface area contributed by atoms with E-state index in [-0.39, 0.29) is 5.91 Å². The van der Waals surface area contributed by atoms with E-state index >= 15 is 0 Å². The van der Waals surface area contributed by atoms with Crippen LogP contribution in [0.5, 0.6) is 11.5 Å². The Morgan fingerprint density at radius 2 is 1.75 bits per heavy atom. The van der Waals surface area contributed by atoms with Crippen molar-refractivity contribution >= 4 is 17.3 Å². The first-order valence-corrected chi connectivity index (χ1v) is 8.96. The Labute approximate surface area is 163 Å². The summed E-state index contributed by atoms with van der Waals surface area (Å²) in [6.07, 6.45) is 1.28. The van der Waals surface area contributed by atoms with Crippen molar-refractivity contribution in [2.24, 2.45) is 0 Å². The SMILES string of the molecule is COc1ccc(NC2c3ncccc3C(=O)N2c2ccc(C)cc2)cc1OC. The Hall–Kier alpha value is -3.54. The lowest BCUT2D eigenvalue weighted by molar-refractivity contribution is 0.0993. The van der Waals surface area contributed by atoms with Gasteiger partial charge in [-0.05, 0) is 43.3 Å². The van der Waals surface area contributed by atoms with Gasteiger partial charge in [0.1, 0.15) is 0 Å². The zero-order chi connectivity index (χ0) is 19.7. The van der Waals surface area contributed by atoms with Crippen molar-refractivity contribution in [1.29, 1.82) is 0 Å². The molecular weight excluding hydrogens is 354 g/mol. The number of fused-ring (bicyclic) bond motifs is 1. The molecule has 0 spiro atoms. The zero-order valence-corrected chi connectivity index (χ0v) is 16.0. The highest BCUT2D eigenvalue weighted by Crippen LogP contribution is 2.38. The lowest BCUT2D eigenvalue weighted by Crippen LogP contribution is -2.32. The van der Waals surface area contributed by atoms with Gasteiger partial charge in [0, 0.05) is 23.6 Å². The Kier molecular flexibility index (Phi) is 4.61. The predicted molar refractivity (Wildman–Crippen MR) is 108 cm³/mol. The molecule has 1 aromatic heterocycles. The lowest BCUT2D eigenvalue weighted by atomic mass is 10.2. The van der Waals surface area contributed by atoms with Crippen molar-refractivity contribution in [2.45, 2.75) is 13.1 Å². The molecule has 4 rings (SSSR count). The quantitative estimate of drug-likeness (QED) is 0.725. The normalized spacial score (nSPS) is 15.3. The van der Waals surface area contributed by atoms with Crippen LogP contribution in [0.4, 0.5) is 11.4 Å². The molecular formula is C22H21N3O3. The molecule has 1 unspecified atom stereocenters. The molecule has 1 aliphatic heterocycles. The first kappa shape index (κ1) is 17.9. The fourth-order valence-electron chi connectivity index (χ4n) is 3.37. The second-order valence-corrected chi connectivity index (χ2v) is 6.56. The van der Waals surface area contributed by atoms with E-state index in [1.807, 2.05) is 55.5 Å². The predicted octanol–water partition coefficient (Wildman–Crippen LogP) is 4.18. The molecule has 1 N–H and O–H groups in total. The second-order valence-electron chi connectivity index (χ2n) is 6.56. The Morgan fingerprint density at radius 3 is 2.46 bits per heavy atom. The summed E-state index contributed by atoms with van der Waals surface area (Å²) in [7, 11) is 3.19. The molecule has 0 bridgehead atoms. The highest BCUT2D eigenvalue weighted by molar-refractivity contribution is 6.11. The number of anilines is 2. The summed E-state index contributed by atoms with van der Waals surface area (Å²) in [5.74, 6) is 1.18. The number of aryl methyl sites for hydroxylation is 1. The number of amides is 1. The van der Waals surface area contributed by atoms with Gasteiger partial charge in [-0.15, -0.1) is 0 Å². The third-order valence-corrected chi connectivity index (χ3v) is 4.80.